The molecule has 2 aromatic carbocycles. The third kappa shape index (κ3) is 4.50. The molecule has 0 bridgehead atoms. The second kappa shape index (κ2) is 9.92. The molecule has 5 rings (SSSR count). The minimum absolute atomic E-state index is 0.0123. The van der Waals surface area contributed by atoms with Gasteiger partial charge < -0.3 is 20.8 Å². The molecule has 1 aliphatic carbocycles. The van der Waals surface area contributed by atoms with Crippen LogP contribution in [-0.4, -0.2) is 39.4 Å². The van der Waals surface area contributed by atoms with Crippen molar-refractivity contribution in [1.29, 1.82) is 0 Å². The fourth-order valence-corrected chi connectivity index (χ4v) is 6.27. The van der Waals surface area contributed by atoms with Gasteiger partial charge in [0, 0.05) is 24.7 Å². The molecule has 1 aromatic heterocycles. The van der Waals surface area contributed by atoms with Gasteiger partial charge in [-0.1, -0.05) is 53.5 Å². The molecule has 8 heteroatoms. The van der Waals surface area contributed by atoms with Crippen LogP contribution in [0.15, 0.2) is 36.4 Å². The van der Waals surface area contributed by atoms with Crippen LogP contribution in [0.3, 0.4) is 0 Å². The van der Waals surface area contributed by atoms with Crippen LogP contribution in [0.4, 0.5) is 5.82 Å². The highest BCUT2D eigenvalue weighted by Gasteiger charge is 2.46. The van der Waals surface area contributed by atoms with Gasteiger partial charge in [0.1, 0.15) is 5.69 Å². The lowest BCUT2D eigenvalue weighted by Crippen LogP contribution is -2.45. The highest BCUT2D eigenvalue weighted by Crippen LogP contribution is 2.51. The van der Waals surface area contributed by atoms with Crippen LogP contribution in [0, 0.1) is 12.3 Å². The van der Waals surface area contributed by atoms with Gasteiger partial charge in [-0.25, -0.2) is 9.97 Å². The summed E-state index contributed by atoms with van der Waals surface area (Å²) in [5.41, 5.74) is 13.1. The number of nitrogens with zero attached hydrogens (tertiary/aromatic N) is 3. The standard InChI is InChI=1S/C28H32Cl2N4O2/c1-16(36)12-18-6-7-19-14-28(26(31)21(19)13-18)8-10-34(11-9-28)27-23(15-35)33-25(17(2)32-27)20-4-3-5-22(29)24(20)30/h3-7,13,16,26,35-36H,8-12,14-15,31H2,1-2H3/t16-,26?/m0/s1. The number of piperidine rings is 1. The van der Waals surface area contributed by atoms with Crippen molar-refractivity contribution in [3.05, 3.63) is 74.5 Å². The minimum Gasteiger partial charge on any atom is -0.393 e. The normalized spacial score (nSPS) is 19.5. The SMILES string of the molecule is Cc1nc(N2CCC3(CC2)Cc2ccc(C[C@H](C)O)cc2C3N)c(CO)nc1-c1cccc(Cl)c1Cl. The summed E-state index contributed by atoms with van der Waals surface area (Å²) in [4.78, 5) is 11.9. The number of halogens is 2. The summed E-state index contributed by atoms with van der Waals surface area (Å²) < 4.78 is 0. The van der Waals surface area contributed by atoms with E-state index in [1.54, 1.807) is 6.07 Å². The van der Waals surface area contributed by atoms with Crippen LogP contribution in [-0.2, 0) is 19.4 Å². The molecule has 1 spiro atoms. The molecule has 1 unspecified atom stereocenters. The molecule has 0 amide bonds. The lowest BCUT2D eigenvalue weighted by molar-refractivity contribution is 0.186. The molecule has 1 aliphatic heterocycles. The molecule has 0 radical (unpaired) electrons. The van der Waals surface area contributed by atoms with Crippen molar-refractivity contribution in [1.82, 2.24) is 9.97 Å². The Morgan fingerprint density at radius 1 is 1.17 bits per heavy atom. The van der Waals surface area contributed by atoms with E-state index in [-0.39, 0.29) is 24.2 Å². The highest BCUT2D eigenvalue weighted by atomic mass is 35.5. The predicted octanol–water partition coefficient (Wildman–Crippen LogP) is 5.02. The Morgan fingerprint density at radius 2 is 1.92 bits per heavy atom. The van der Waals surface area contributed by atoms with E-state index in [2.05, 4.69) is 23.1 Å². The van der Waals surface area contributed by atoms with Gasteiger partial charge in [-0.15, -0.1) is 0 Å². The second-order valence-corrected chi connectivity index (χ2v) is 11.1. The molecule has 36 heavy (non-hydrogen) atoms. The average Bonchev–Trinajstić information content (AvgIpc) is 3.12. The Kier molecular flexibility index (Phi) is 7.01. The molecular weight excluding hydrogens is 495 g/mol. The van der Waals surface area contributed by atoms with Gasteiger partial charge in [0.25, 0.3) is 0 Å². The van der Waals surface area contributed by atoms with Crippen molar-refractivity contribution in [3.63, 3.8) is 0 Å². The van der Waals surface area contributed by atoms with E-state index in [0.717, 1.165) is 49.4 Å². The van der Waals surface area contributed by atoms with Crippen LogP contribution >= 0.6 is 23.2 Å². The molecule has 2 aliphatic rings. The largest absolute Gasteiger partial charge is 0.393 e. The third-order valence-corrected chi connectivity index (χ3v) is 8.63. The molecule has 2 atom stereocenters. The van der Waals surface area contributed by atoms with E-state index in [9.17, 15) is 10.2 Å². The van der Waals surface area contributed by atoms with E-state index in [1.807, 2.05) is 26.0 Å². The van der Waals surface area contributed by atoms with E-state index in [4.69, 9.17) is 38.9 Å². The highest BCUT2D eigenvalue weighted by molar-refractivity contribution is 6.43. The van der Waals surface area contributed by atoms with Gasteiger partial charge in [-0.3, -0.25) is 0 Å². The van der Waals surface area contributed by atoms with Crippen molar-refractivity contribution in [2.24, 2.45) is 11.1 Å². The zero-order valence-electron chi connectivity index (χ0n) is 20.6. The van der Waals surface area contributed by atoms with Gasteiger partial charge in [0.15, 0.2) is 5.82 Å². The number of nitrogens with two attached hydrogens (primary N) is 1. The van der Waals surface area contributed by atoms with E-state index in [0.29, 0.717) is 33.4 Å². The Balaban J connectivity index is 1.37. The number of hydrogen-bond acceptors (Lipinski definition) is 6. The first-order valence-corrected chi connectivity index (χ1v) is 13.2. The minimum atomic E-state index is -0.371. The first kappa shape index (κ1) is 25.4. The molecule has 4 N–H and O–H groups in total. The van der Waals surface area contributed by atoms with Gasteiger partial charge in [-0.2, -0.15) is 0 Å². The molecule has 0 saturated carbocycles. The number of anilines is 1. The number of aliphatic hydroxyl groups is 2. The molecule has 190 valence electrons. The Labute approximate surface area is 222 Å². The molecule has 6 nitrogen and oxygen atoms in total. The topological polar surface area (TPSA) is 95.5 Å². The van der Waals surface area contributed by atoms with Gasteiger partial charge in [0.05, 0.1) is 34.1 Å². The summed E-state index contributed by atoms with van der Waals surface area (Å²) in [7, 11) is 0. The third-order valence-electron chi connectivity index (χ3n) is 7.82. The first-order valence-electron chi connectivity index (χ1n) is 12.5. The molecule has 3 aromatic rings. The van der Waals surface area contributed by atoms with Crippen LogP contribution < -0.4 is 10.6 Å². The Hall–Kier alpha value is -2.22. The number of benzene rings is 2. The van der Waals surface area contributed by atoms with Crippen molar-refractivity contribution < 1.29 is 10.2 Å². The maximum Gasteiger partial charge on any atom is 0.153 e. The van der Waals surface area contributed by atoms with Gasteiger partial charge in [0.2, 0.25) is 0 Å². The van der Waals surface area contributed by atoms with E-state index in [1.165, 1.54) is 11.1 Å². The van der Waals surface area contributed by atoms with Gasteiger partial charge in [-0.05, 0) is 67.7 Å². The summed E-state index contributed by atoms with van der Waals surface area (Å²) in [6, 6.07) is 11.9. The number of hydrogen-bond donors (Lipinski definition) is 3. The maximum atomic E-state index is 10.2. The van der Waals surface area contributed by atoms with Crippen LogP contribution in [0.5, 0.6) is 0 Å². The van der Waals surface area contributed by atoms with Crippen molar-refractivity contribution >= 4 is 29.0 Å². The van der Waals surface area contributed by atoms with Gasteiger partial charge >= 0.3 is 0 Å². The van der Waals surface area contributed by atoms with Crippen LogP contribution in [0.1, 0.15) is 53.9 Å². The predicted molar refractivity (Wildman–Crippen MR) is 144 cm³/mol. The maximum absolute atomic E-state index is 10.2. The second-order valence-electron chi connectivity index (χ2n) is 10.3. The van der Waals surface area contributed by atoms with E-state index < -0.39 is 0 Å². The van der Waals surface area contributed by atoms with Crippen LogP contribution in [0.2, 0.25) is 10.0 Å². The number of aryl methyl sites for hydroxylation is 1. The van der Waals surface area contributed by atoms with Crippen molar-refractivity contribution in [3.8, 4) is 11.3 Å². The fourth-order valence-electron chi connectivity index (χ4n) is 5.88. The van der Waals surface area contributed by atoms with E-state index >= 15 is 0 Å². The van der Waals surface area contributed by atoms with Crippen LogP contribution in [0.25, 0.3) is 11.3 Å². The summed E-state index contributed by atoms with van der Waals surface area (Å²) in [5.74, 6) is 0.718. The molecule has 1 saturated heterocycles. The summed E-state index contributed by atoms with van der Waals surface area (Å²) in [6.45, 7) is 5.09. The average molecular weight is 527 g/mol. The molecule has 2 heterocycles. The monoisotopic (exact) mass is 526 g/mol. The number of rotatable bonds is 5. The summed E-state index contributed by atoms with van der Waals surface area (Å²) >= 11 is 12.7. The summed E-state index contributed by atoms with van der Waals surface area (Å²) in [5, 5.41) is 20.8. The fraction of sp³-hybridized carbons (Fsp3) is 0.429. The van der Waals surface area contributed by atoms with Crippen molar-refractivity contribution in [2.45, 2.75) is 58.3 Å². The lowest BCUT2D eigenvalue weighted by atomic mass is 9.73. The zero-order chi connectivity index (χ0) is 25.6. The quantitative estimate of drug-likeness (QED) is 0.432. The zero-order valence-corrected chi connectivity index (χ0v) is 22.1. The number of aliphatic hydroxyl groups excluding tert-OH is 2. The van der Waals surface area contributed by atoms with Crippen molar-refractivity contribution in [2.75, 3.05) is 18.0 Å². The first-order chi connectivity index (χ1) is 17.2. The smallest absolute Gasteiger partial charge is 0.153 e. The number of aromatic nitrogens is 2. The number of fused-ring (bicyclic) bond motifs is 1. The molecule has 1 fully saturated rings. The summed E-state index contributed by atoms with van der Waals surface area (Å²) in [6.07, 6.45) is 3.10. The Morgan fingerprint density at radius 3 is 2.61 bits per heavy atom. The lowest BCUT2D eigenvalue weighted by Gasteiger charge is -2.43. The molecular formula is C28H32Cl2N4O2. The Bertz CT molecular complexity index is 1290.